The molecule has 2 aromatic heterocycles. The zero-order valence-corrected chi connectivity index (χ0v) is 12.6. The first kappa shape index (κ1) is 14.1. The van der Waals surface area contributed by atoms with E-state index in [0.717, 1.165) is 24.3 Å². The number of rotatable bonds is 3. The molecule has 0 saturated carbocycles. The van der Waals surface area contributed by atoms with E-state index in [1.54, 1.807) is 12.3 Å². The molecule has 1 aliphatic heterocycles. The van der Waals surface area contributed by atoms with Gasteiger partial charge in [-0.15, -0.1) is 0 Å². The summed E-state index contributed by atoms with van der Waals surface area (Å²) in [6.07, 6.45) is 7.18. The van der Waals surface area contributed by atoms with Crippen molar-refractivity contribution in [2.24, 2.45) is 5.92 Å². The zero-order valence-electron chi connectivity index (χ0n) is 12.6. The van der Waals surface area contributed by atoms with E-state index in [0.29, 0.717) is 11.5 Å². The lowest BCUT2D eigenvalue weighted by Crippen LogP contribution is -2.33. The number of methoxy groups -OCH3 is 1. The highest BCUT2D eigenvalue weighted by molar-refractivity contribution is 5.96. The number of ether oxygens (including phenoxy) is 1. The molecule has 2 aromatic rings. The van der Waals surface area contributed by atoms with Crippen LogP contribution in [-0.4, -0.2) is 47.5 Å². The molecule has 0 bridgehead atoms. The summed E-state index contributed by atoms with van der Waals surface area (Å²) in [6.45, 7) is 2.30. The molecule has 1 fully saturated rings. The molecule has 3 rings (SSSR count). The largest absolute Gasteiger partial charge is 0.465 e. The molecule has 112 valence electrons. The van der Waals surface area contributed by atoms with Gasteiger partial charge in [-0.3, -0.25) is 0 Å². The fourth-order valence-corrected chi connectivity index (χ4v) is 3.21. The number of esters is 1. The number of imidazole rings is 1. The zero-order chi connectivity index (χ0) is 14.8. The van der Waals surface area contributed by atoms with Gasteiger partial charge in [0.05, 0.1) is 24.4 Å². The van der Waals surface area contributed by atoms with Gasteiger partial charge in [0.2, 0.25) is 0 Å². The van der Waals surface area contributed by atoms with Crippen LogP contribution in [0.5, 0.6) is 0 Å². The molecule has 21 heavy (non-hydrogen) atoms. The van der Waals surface area contributed by atoms with Crippen LogP contribution in [-0.2, 0) is 11.2 Å². The molecule has 3 heterocycles. The minimum Gasteiger partial charge on any atom is -0.465 e. The lowest BCUT2D eigenvalue weighted by atomic mass is 9.95. The normalized spacial score (nSPS) is 19.8. The number of likely N-dealkylation sites (tertiary alicyclic amines) is 1. The lowest BCUT2D eigenvalue weighted by Gasteiger charge is -2.29. The fraction of sp³-hybridized carbons (Fsp3) is 0.500. The number of carbonyl (C=O) groups is 1. The molecule has 5 nitrogen and oxygen atoms in total. The van der Waals surface area contributed by atoms with Crippen LogP contribution in [0.3, 0.4) is 0 Å². The molecule has 0 N–H and O–H groups in total. The fourth-order valence-electron chi connectivity index (χ4n) is 3.21. The molecule has 1 saturated heterocycles. The van der Waals surface area contributed by atoms with E-state index < -0.39 is 0 Å². The van der Waals surface area contributed by atoms with Crippen molar-refractivity contribution in [3.63, 3.8) is 0 Å². The molecular formula is C16H21N3O2. The smallest absolute Gasteiger partial charge is 0.340 e. The van der Waals surface area contributed by atoms with E-state index in [1.807, 2.05) is 16.7 Å². The minimum absolute atomic E-state index is 0.315. The Morgan fingerprint density at radius 3 is 3.14 bits per heavy atom. The third-order valence-corrected chi connectivity index (χ3v) is 4.25. The molecule has 1 atom stereocenters. The Morgan fingerprint density at radius 2 is 2.38 bits per heavy atom. The number of carbonyl (C=O) groups excluding carboxylic acids is 1. The maximum Gasteiger partial charge on any atom is 0.340 e. The van der Waals surface area contributed by atoms with Crippen LogP contribution in [0.15, 0.2) is 24.5 Å². The number of nitrogens with zero attached hydrogens (tertiary/aromatic N) is 3. The highest BCUT2D eigenvalue weighted by Crippen LogP contribution is 2.21. The number of piperidine rings is 1. The van der Waals surface area contributed by atoms with Crippen molar-refractivity contribution < 1.29 is 9.53 Å². The van der Waals surface area contributed by atoms with Crippen LogP contribution in [0.2, 0.25) is 0 Å². The van der Waals surface area contributed by atoms with Gasteiger partial charge in [0, 0.05) is 19.2 Å². The Labute approximate surface area is 124 Å². The van der Waals surface area contributed by atoms with Crippen LogP contribution >= 0.6 is 0 Å². The van der Waals surface area contributed by atoms with Gasteiger partial charge < -0.3 is 14.0 Å². The van der Waals surface area contributed by atoms with Gasteiger partial charge in [-0.1, -0.05) is 0 Å². The second-order valence-corrected chi connectivity index (χ2v) is 5.82. The lowest BCUT2D eigenvalue weighted by molar-refractivity contribution is 0.0602. The van der Waals surface area contributed by atoms with Crippen molar-refractivity contribution in [1.82, 2.24) is 14.3 Å². The van der Waals surface area contributed by atoms with E-state index in [1.165, 1.54) is 26.5 Å². The Balaban J connectivity index is 1.88. The summed E-state index contributed by atoms with van der Waals surface area (Å²) in [5.74, 6) is 1.34. The van der Waals surface area contributed by atoms with Gasteiger partial charge in [-0.25, -0.2) is 9.78 Å². The maximum absolute atomic E-state index is 11.8. The van der Waals surface area contributed by atoms with Crippen molar-refractivity contribution in [2.75, 3.05) is 27.2 Å². The molecule has 0 spiro atoms. The molecule has 0 amide bonds. The van der Waals surface area contributed by atoms with Crippen LogP contribution in [0.4, 0.5) is 0 Å². The summed E-state index contributed by atoms with van der Waals surface area (Å²) in [5.41, 5.74) is 1.39. The number of hydrogen-bond acceptors (Lipinski definition) is 4. The maximum atomic E-state index is 11.8. The van der Waals surface area contributed by atoms with Crippen molar-refractivity contribution in [3.05, 3.63) is 35.9 Å². The molecule has 0 aromatic carbocycles. The molecule has 1 aliphatic rings. The van der Waals surface area contributed by atoms with Crippen LogP contribution in [0, 0.1) is 5.92 Å². The van der Waals surface area contributed by atoms with E-state index in [2.05, 4.69) is 16.9 Å². The number of fused-ring (bicyclic) bond motifs is 1. The SMILES string of the molecule is COC(=O)c1cccn2c(CC3CCCN(C)C3)ncc12. The summed E-state index contributed by atoms with van der Waals surface area (Å²) in [5, 5.41) is 0. The minimum atomic E-state index is -0.315. The number of aromatic nitrogens is 2. The molecule has 1 unspecified atom stereocenters. The molecular weight excluding hydrogens is 266 g/mol. The van der Waals surface area contributed by atoms with Crippen molar-refractivity contribution in [1.29, 1.82) is 0 Å². The van der Waals surface area contributed by atoms with Gasteiger partial charge in [0.1, 0.15) is 5.82 Å². The standard InChI is InChI=1S/C16H21N3O2/c1-18-7-3-5-12(11-18)9-15-17-10-14-13(16(20)21-2)6-4-8-19(14)15/h4,6,8,10,12H,3,5,7,9,11H2,1-2H3. The summed E-state index contributed by atoms with van der Waals surface area (Å²) >= 11 is 0. The Bertz CT molecular complexity index is 650. The highest BCUT2D eigenvalue weighted by Gasteiger charge is 2.20. The van der Waals surface area contributed by atoms with Crippen LogP contribution in [0.1, 0.15) is 29.0 Å². The van der Waals surface area contributed by atoms with Gasteiger partial charge in [0.25, 0.3) is 0 Å². The first-order valence-electron chi connectivity index (χ1n) is 7.41. The second-order valence-electron chi connectivity index (χ2n) is 5.82. The molecule has 0 radical (unpaired) electrons. The van der Waals surface area contributed by atoms with Crippen molar-refractivity contribution in [2.45, 2.75) is 19.3 Å². The molecule has 5 heteroatoms. The topological polar surface area (TPSA) is 46.8 Å². The first-order chi connectivity index (χ1) is 10.2. The van der Waals surface area contributed by atoms with Gasteiger partial charge in [0.15, 0.2) is 0 Å². The third-order valence-electron chi connectivity index (χ3n) is 4.25. The predicted octanol–water partition coefficient (Wildman–Crippen LogP) is 2.01. The average molecular weight is 287 g/mol. The van der Waals surface area contributed by atoms with E-state index >= 15 is 0 Å². The number of hydrogen-bond donors (Lipinski definition) is 0. The monoisotopic (exact) mass is 287 g/mol. The Hall–Kier alpha value is -1.88. The van der Waals surface area contributed by atoms with Gasteiger partial charge >= 0.3 is 5.97 Å². The van der Waals surface area contributed by atoms with E-state index in [9.17, 15) is 4.79 Å². The Morgan fingerprint density at radius 1 is 1.52 bits per heavy atom. The summed E-state index contributed by atoms with van der Waals surface area (Å²) in [4.78, 5) is 18.7. The van der Waals surface area contributed by atoms with Crippen LogP contribution < -0.4 is 0 Å². The van der Waals surface area contributed by atoms with E-state index in [4.69, 9.17) is 4.74 Å². The highest BCUT2D eigenvalue weighted by atomic mass is 16.5. The van der Waals surface area contributed by atoms with Gasteiger partial charge in [-0.05, 0) is 44.5 Å². The summed E-state index contributed by atoms with van der Waals surface area (Å²) in [7, 11) is 3.58. The average Bonchev–Trinajstić information content (AvgIpc) is 2.90. The summed E-state index contributed by atoms with van der Waals surface area (Å²) in [6, 6.07) is 3.65. The first-order valence-corrected chi connectivity index (χ1v) is 7.41. The Kier molecular flexibility index (Phi) is 3.92. The quantitative estimate of drug-likeness (QED) is 0.810. The number of pyridine rings is 1. The van der Waals surface area contributed by atoms with Crippen LogP contribution in [0.25, 0.3) is 5.52 Å². The van der Waals surface area contributed by atoms with Crippen molar-refractivity contribution in [3.8, 4) is 0 Å². The predicted molar refractivity (Wildman–Crippen MR) is 80.5 cm³/mol. The molecule has 0 aliphatic carbocycles. The summed E-state index contributed by atoms with van der Waals surface area (Å²) < 4.78 is 6.85. The van der Waals surface area contributed by atoms with Crippen molar-refractivity contribution >= 4 is 11.5 Å². The van der Waals surface area contributed by atoms with Gasteiger partial charge in [-0.2, -0.15) is 0 Å². The van der Waals surface area contributed by atoms with E-state index in [-0.39, 0.29) is 5.97 Å². The second kappa shape index (κ2) is 5.85. The third kappa shape index (κ3) is 2.78.